The number of aromatic hydroxyl groups is 1. The summed E-state index contributed by atoms with van der Waals surface area (Å²) in [5.41, 5.74) is 1.48. The van der Waals surface area contributed by atoms with Gasteiger partial charge in [-0.25, -0.2) is 14.0 Å². The number of aromatic nitrogens is 1. The van der Waals surface area contributed by atoms with Crippen molar-refractivity contribution < 1.29 is 34.1 Å². The minimum absolute atomic E-state index is 0.0532. The summed E-state index contributed by atoms with van der Waals surface area (Å²) >= 11 is 0. The molecule has 1 aromatic heterocycles. The van der Waals surface area contributed by atoms with Crippen molar-refractivity contribution >= 4 is 29.0 Å². The third kappa shape index (κ3) is 5.91. The van der Waals surface area contributed by atoms with Crippen molar-refractivity contribution in [3.8, 4) is 16.9 Å². The van der Waals surface area contributed by atoms with Crippen LogP contribution >= 0.6 is 0 Å². The second kappa shape index (κ2) is 10.4. The standard InChI is InChI=1S/C22H23FN4O6/c23-13-8-6-12(7-9-13)17-15-4-1-5-16(28)18(15)27-19(17)20(29)25-11-14(26-22(32)33)3-2-10-24-21(30)31/h1,4-9,14,24,26-28H,2-3,10-11H2,(H,25,29)(H,30,31)(H,32,33)/t14-/m0/s1. The number of fused-ring (bicyclic) bond motifs is 1. The zero-order valence-corrected chi connectivity index (χ0v) is 17.4. The van der Waals surface area contributed by atoms with Gasteiger partial charge in [0.2, 0.25) is 0 Å². The van der Waals surface area contributed by atoms with Crippen molar-refractivity contribution in [2.45, 2.75) is 18.9 Å². The van der Waals surface area contributed by atoms with Crippen LogP contribution in [0.15, 0.2) is 42.5 Å². The number of phenolic OH excluding ortho intramolecular Hbond substituents is 1. The lowest BCUT2D eigenvalue weighted by Crippen LogP contribution is -2.43. The number of phenols is 1. The van der Waals surface area contributed by atoms with Crippen LogP contribution in [-0.4, -0.2) is 57.5 Å². The molecule has 0 aliphatic carbocycles. The summed E-state index contributed by atoms with van der Waals surface area (Å²) in [7, 11) is 0. The number of carboxylic acid groups (broad SMARTS) is 2. The predicted octanol–water partition coefficient (Wildman–Crippen LogP) is 3.09. The highest BCUT2D eigenvalue weighted by Gasteiger charge is 2.22. The van der Waals surface area contributed by atoms with E-state index in [9.17, 15) is 23.9 Å². The Morgan fingerprint density at radius 2 is 1.73 bits per heavy atom. The number of rotatable bonds is 9. The van der Waals surface area contributed by atoms with Crippen molar-refractivity contribution in [2.24, 2.45) is 0 Å². The molecule has 1 heterocycles. The van der Waals surface area contributed by atoms with Crippen LogP contribution in [-0.2, 0) is 0 Å². The fraction of sp³-hybridized carbons (Fsp3) is 0.227. The molecule has 0 saturated carbocycles. The minimum atomic E-state index is -1.28. The number of benzene rings is 2. The first-order valence-electron chi connectivity index (χ1n) is 10.1. The zero-order chi connectivity index (χ0) is 24.0. The normalized spacial score (nSPS) is 11.7. The number of H-pyrrole nitrogens is 1. The summed E-state index contributed by atoms with van der Waals surface area (Å²) in [6.07, 6.45) is -1.82. The van der Waals surface area contributed by atoms with E-state index in [1.165, 1.54) is 30.3 Å². The average molecular weight is 458 g/mol. The molecule has 7 N–H and O–H groups in total. The molecule has 11 heteroatoms. The second-order valence-electron chi connectivity index (χ2n) is 7.31. The fourth-order valence-electron chi connectivity index (χ4n) is 3.54. The van der Waals surface area contributed by atoms with E-state index in [0.717, 1.165) is 0 Å². The van der Waals surface area contributed by atoms with Crippen LogP contribution in [0.1, 0.15) is 23.3 Å². The maximum Gasteiger partial charge on any atom is 0.404 e. The van der Waals surface area contributed by atoms with E-state index < -0.39 is 30.0 Å². The van der Waals surface area contributed by atoms with Gasteiger partial charge in [-0.05, 0) is 36.6 Å². The van der Waals surface area contributed by atoms with Gasteiger partial charge >= 0.3 is 12.2 Å². The molecule has 0 aliphatic rings. The predicted molar refractivity (Wildman–Crippen MR) is 118 cm³/mol. The Bertz CT molecular complexity index is 1160. The highest BCUT2D eigenvalue weighted by Crippen LogP contribution is 2.36. The van der Waals surface area contributed by atoms with Crippen LogP contribution in [0, 0.1) is 5.82 Å². The van der Waals surface area contributed by atoms with Gasteiger partial charge in [0.1, 0.15) is 17.3 Å². The molecule has 0 aliphatic heterocycles. The van der Waals surface area contributed by atoms with Crippen molar-refractivity contribution in [1.82, 2.24) is 20.9 Å². The van der Waals surface area contributed by atoms with Crippen LogP contribution < -0.4 is 16.0 Å². The number of carbonyl (C=O) groups is 3. The number of para-hydroxylation sites is 1. The smallest absolute Gasteiger partial charge is 0.404 e. The molecule has 0 bridgehead atoms. The van der Waals surface area contributed by atoms with Crippen LogP contribution in [0.25, 0.3) is 22.0 Å². The molecule has 3 rings (SSSR count). The average Bonchev–Trinajstić information content (AvgIpc) is 3.16. The molecular weight excluding hydrogens is 435 g/mol. The minimum Gasteiger partial charge on any atom is -0.506 e. The van der Waals surface area contributed by atoms with E-state index in [1.807, 2.05) is 0 Å². The van der Waals surface area contributed by atoms with Crippen LogP contribution in [0.4, 0.5) is 14.0 Å². The van der Waals surface area contributed by atoms with E-state index in [0.29, 0.717) is 28.5 Å². The Balaban J connectivity index is 1.82. The zero-order valence-electron chi connectivity index (χ0n) is 17.4. The quantitative estimate of drug-likeness (QED) is 0.244. The molecule has 0 unspecified atom stereocenters. The first kappa shape index (κ1) is 23.4. The van der Waals surface area contributed by atoms with Crippen molar-refractivity contribution in [3.63, 3.8) is 0 Å². The molecule has 0 saturated heterocycles. The van der Waals surface area contributed by atoms with Crippen LogP contribution in [0.3, 0.4) is 0 Å². The monoisotopic (exact) mass is 458 g/mol. The number of hydrogen-bond acceptors (Lipinski definition) is 4. The lowest BCUT2D eigenvalue weighted by atomic mass is 10.0. The van der Waals surface area contributed by atoms with Crippen LogP contribution in [0.5, 0.6) is 5.75 Å². The molecular formula is C22H23FN4O6. The topological polar surface area (TPSA) is 164 Å². The lowest BCUT2D eigenvalue weighted by molar-refractivity contribution is 0.0944. The Morgan fingerprint density at radius 1 is 1.00 bits per heavy atom. The maximum atomic E-state index is 13.4. The van der Waals surface area contributed by atoms with Crippen LogP contribution in [0.2, 0.25) is 0 Å². The van der Waals surface area contributed by atoms with E-state index >= 15 is 0 Å². The summed E-state index contributed by atoms with van der Waals surface area (Å²) in [5.74, 6) is -1.05. The lowest BCUT2D eigenvalue weighted by Gasteiger charge is -2.17. The second-order valence-corrected chi connectivity index (χ2v) is 7.31. The van der Waals surface area contributed by atoms with Gasteiger partial charge in [0.15, 0.2) is 0 Å². The number of nitrogens with one attached hydrogen (secondary N) is 4. The van der Waals surface area contributed by atoms with E-state index in [2.05, 4.69) is 20.9 Å². The van der Waals surface area contributed by atoms with Gasteiger partial charge < -0.3 is 36.3 Å². The van der Waals surface area contributed by atoms with E-state index in [-0.39, 0.29) is 31.0 Å². The summed E-state index contributed by atoms with van der Waals surface area (Å²) in [4.78, 5) is 37.6. The SMILES string of the molecule is O=C(O)NCCC[C@@H](CNC(=O)c1[nH]c2c(O)cccc2c1-c1ccc(F)cc1)NC(=O)O. The van der Waals surface area contributed by atoms with E-state index in [4.69, 9.17) is 10.2 Å². The van der Waals surface area contributed by atoms with Gasteiger partial charge in [0, 0.05) is 30.1 Å². The summed E-state index contributed by atoms with van der Waals surface area (Å²) in [6.45, 7) is 0.0828. The number of amides is 3. The van der Waals surface area contributed by atoms with Gasteiger partial charge in [-0.15, -0.1) is 0 Å². The molecule has 2 aromatic carbocycles. The summed E-state index contributed by atoms with van der Waals surface area (Å²) in [6, 6.07) is 9.70. The Morgan fingerprint density at radius 3 is 2.39 bits per heavy atom. The Hall–Kier alpha value is -4.28. The molecule has 33 heavy (non-hydrogen) atoms. The number of aromatic amines is 1. The number of hydrogen-bond donors (Lipinski definition) is 7. The molecule has 174 valence electrons. The molecule has 0 fully saturated rings. The maximum absolute atomic E-state index is 13.4. The van der Waals surface area contributed by atoms with Crippen molar-refractivity contribution in [3.05, 3.63) is 54.0 Å². The Labute approximate surface area is 187 Å². The number of carbonyl (C=O) groups excluding carboxylic acids is 1. The highest BCUT2D eigenvalue weighted by atomic mass is 19.1. The van der Waals surface area contributed by atoms with E-state index in [1.54, 1.807) is 12.1 Å². The fourth-order valence-corrected chi connectivity index (χ4v) is 3.54. The van der Waals surface area contributed by atoms with Crippen molar-refractivity contribution in [1.29, 1.82) is 0 Å². The molecule has 0 spiro atoms. The third-order valence-corrected chi connectivity index (χ3v) is 5.01. The van der Waals surface area contributed by atoms with Gasteiger partial charge in [-0.3, -0.25) is 4.79 Å². The first-order chi connectivity index (χ1) is 15.8. The number of halogens is 1. The van der Waals surface area contributed by atoms with Gasteiger partial charge in [0.25, 0.3) is 5.91 Å². The largest absolute Gasteiger partial charge is 0.506 e. The van der Waals surface area contributed by atoms with Gasteiger partial charge in [-0.2, -0.15) is 0 Å². The summed E-state index contributed by atoms with van der Waals surface area (Å²) < 4.78 is 13.4. The molecule has 0 radical (unpaired) electrons. The Kier molecular flexibility index (Phi) is 7.34. The van der Waals surface area contributed by atoms with Crippen molar-refractivity contribution in [2.75, 3.05) is 13.1 Å². The molecule has 3 amide bonds. The molecule has 10 nitrogen and oxygen atoms in total. The third-order valence-electron chi connectivity index (χ3n) is 5.01. The first-order valence-corrected chi connectivity index (χ1v) is 10.1. The summed E-state index contributed by atoms with van der Waals surface area (Å²) in [5, 5.41) is 35.6. The van der Waals surface area contributed by atoms with Gasteiger partial charge in [-0.1, -0.05) is 24.3 Å². The highest BCUT2D eigenvalue weighted by molar-refractivity contribution is 6.10. The molecule has 3 aromatic rings. The molecule has 1 atom stereocenters. The van der Waals surface area contributed by atoms with Gasteiger partial charge in [0.05, 0.1) is 5.52 Å².